The van der Waals surface area contributed by atoms with Crippen LogP contribution in [0.15, 0.2) is 0 Å². The van der Waals surface area contributed by atoms with E-state index in [2.05, 4.69) is 13.8 Å². The number of ether oxygens (including phenoxy) is 2. The molecule has 1 aliphatic carbocycles. The van der Waals surface area contributed by atoms with Crippen LogP contribution in [0.25, 0.3) is 0 Å². The van der Waals surface area contributed by atoms with Crippen LogP contribution in [0.5, 0.6) is 0 Å². The first-order chi connectivity index (χ1) is 6.15. The lowest BCUT2D eigenvalue weighted by Gasteiger charge is -2.37. The van der Waals surface area contributed by atoms with Crippen molar-refractivity contribution in [2.45, 2.75) is 56.4 Å². The van der Waals surface area contributed by atoms with E-state index in [-0.39, 0.29) is 23.3 Å². The summed E-state index contributed by atoms with van der Waals surface area (Å²) in [4.78, 5) is 0. The second-order valence-corrected chi connectivity index (χ2v) is 4.69. The van der Waals surface area contributed by atoms with Crippen molar-refractivity contribution in [1.82, 2.24) is 0 Å². The van der Waals surface area contributed by atoms with Crippen LogP contribution in [0.4, 0.5) is 0 Å². The van der Waals surface area contributed by atoms with Gasteiger partial charge in [0.1, 0.15) is 13.4 Å². The SMILES string of the molecule is [B][C@@H]1O[C@]2(CC)[C@H](C)C1OC21CC1. The quantitative estimate of drug-likeness (QED) is 0.562. The first-order valence-electron chi connectivity index (χ1n) is 5.26. The van der Waals surface area contributed by atoms with Gasteiger partial charge in [-0.2, -0.15) is 0 Å². The molecule has 1 saturated carbocycles. The van der Waals surface area contributed by atoms with Crippen LogP contribution >= 0.6 is 0 Å². The molecule has 0 amide bonds. The molecule has 1 spiro atoms. The second-order valence-electron chi connectivity index (χ2n) is 4.69. The van der Waals surface area contributed by atoms with Gasteiger partial charge >= 0.3 is 0 Å². The van der Waals surface area contributed by atoms with Crippen LogP contribution in [0.3, 0.4) is 0 Å². The molecule has 2 bridgehead atoms. The summed E-state index contributed by atoms with van der Waals surface area (Å²) in [5, 5.41) is 0. The monoisotopic (exact) mass is 178 g/mol. The Labute approximate surface area is 80.4 Å². The van der Waals surface area contributed by atoms with Gasteiger partial charge in [-0.15, -0.1) is 0 Å². The molecule has 0 aromatic carbocycles. The number of fused-ring (bicyclic) bond motifs is 3. The zero-order chi connectivity index (χ0) is 9.27. The number of hydrogen-bond acceptors (Lipinski definition) is 2. The highest BCUT2D eigenvalue weighted by Gasteiger charge is 2.74. The van der Waals surface area contributed by atoms with Gasteiger partial charge in [0, 0.05) is 11.9 Å². The zero-order valence-corrected chi connectivity index (χ0v) is 8.25. The van der Waals surface area contributed by atoms with Gasteiger partial charge in [0.2, 0.25) is 0 Å². The van der Waals surface area contributed by atoms with E-state index >= 15 is 0 Å². The third-order valence-corrected chi connectivity index (χ3v) is 4.26. The van der Waals surface area contributed by atoms with Crippen molar-refractivity contribution >= 4 is 7.85 Å². The summed E-state index contributed by atoms with van der Waals surface area (Å²) >= 11 is 0. The molecule has 0 aromatic heterocycles. The molecule has 2 aliphatic heterocycles. The highest BCUT2D eigenvalue weighted by molar-refractivity contribution is 6.11. The van der Waals surface area contributed by atoms with E-state index in [1.165, 1.54) is 0 Å². The van der Waals surface area contributed by atoms with E-state index in [0.717, 1.165) is 19.3 Å². The van der Waals surface area contributed by atoms with Crippen molar-refractivity contribution in [3.8, 4) is 0 Å². The summed E-state index contributed by atoms with van der Waals surface area (Å²) in [6, 6.07) is -0.193. The van der Waals surface area contributed by atoms with Gasteiger partial charge in [-0.1, -0.05) is 13.8 Å². The highest BCUT2D eigenvalue weighted by atomic mass is 16.6. The van der Waals surface area contributed by atoms with Gasteiger partial charge in [0.05, 0.1) is 11.7 Å². The first kappa shape index (κ1) is 8.31. The Morgan fingerprint density at radius 3 is 2.54 bits per heavy atom. The van der Waals surface area contributed by atoms with Crippen LogP contribution in [-0.4, -0.2) is 31.2 Å². The summed E-state index contributed by atoms with van der Waals surface area (Å²) in [7, 11) is 5.87. The fourth-order valence-electron chi connectivity index (χ4n) is 3.40. The van der Waals surface area contributed by atoms with Gasteiger partial charge in [-0.3, -0.25) is 0 Å². The molecular formula is C10H15BO2. The summed E-state index contributed by atoms with van der Waals surface area (Å²) in [6.45, 7) is 4.40. The lowest BCUT2D eigenvalue weighted by Crippen LogP contribution is -2.47. The summed E-state index contributed by atoms with van der Waals surface area (Å²) in [5.41, 5.74) is -0.00120. The largest absolute Gasteiger partial charge is 0.376 e. The minimum atomic E-state index is -0.193. The average Bonchev–Trinajstić information content (AvgIpc) is 2.80. The van der Waals surface area contributed by atoms with Gasteiger partial charge in [0.25, 0.3) is 0 Å². The van der Waals surface area contributed by atoms with E-state index in [1.807, 2.05) is 0 Å². The van der Waals surface area contributed by atoms with E-state index in [1.54, 1.807) is 0 Å². The van der Waals surface area contributed by atoms with Crippen molar-refractivity contribution in [3.05, 3.63) is 0 Å². The predicted octanol–water partition coefficient (Wildman–Crippen LogP) is 1.23. The maximum atomic E-state index is 6.03. The van der Waals surface area contributed by atoms with Crippen LogP contribution in [-0.2, 0) is 9.47 Å². The van der Waals surface area contributed by atoms with Crippen LogP contribution in [0, 0.1) is 5.92 Å². The molecule has 3 fully saturated rings. The fourth-order valence-corrected chi connectivity index (χ4v) is 3.40. The Morgan fingerprint density at radius 2 is 2.08 bits per heavy atom. The van der Waals surface area contributed by atoms with Gasteiger partial charge in [-0.05, 0) is 19.3 Å². The standard InChI is InChI=1S/C10H15BO2/c1-3-10-6(2)7(8(11)13-10)12-9(10)4-5-9/h6-8H,3-5H2,1-2H3/t6-,7?,8-,10-/m1/s1. The zero-order valence-electron chi connectivity index (χ0n) is 8.25. The summed E-state index contributed by atoms with van der Waals surface area (Å²) in [5.74, 6) is 0.468. The summed E-state index contributed by atoms with van der Waals surface area (Å²) in [6.07, 6.45) is 3.49. The lowest BCUT2D eigenvalue weighted by molar-refractivity contribution is -0.177. The molecule has 4 atom stereocenters. The van der Waals surface area contributed by atoms with Crippen molar-refractivity contribution < 1.29 is 9.47 Å². The molecule has 13 heavy (non-hydrogen) atoms. The highest BCUT2D eigenvalue weighted by Crippen LogP contribution is 2.65. The molecule has 2 heterocycles. The number of rotatable bonds is 1. The van der Waals surface area contributed by atoms with E-state index in [9.17, 15) is 0 Å². The smallest absolute Gasteiger partial charge is 0.112 e. The Balaban J connectivity index is 2.03. The summed E-state index contributed by atoms with van der Waals surface area (Å²) < 4.78 is 12.0. The van der Waals surface area contributed by atoms with Gasteiger partial charge < -0.3 is 9.47 Å². The minimum absolute atomic E-state index is 0.0572. The Hall–Kier alpha value is -0.0151. The molecule has 3 aliphatic rings. The maximum Gasteiger partial charge on any atom is 0.112 e. The fraction of sp³-hybridized carbons (Fsp3) is 1.00. The molecular weight excluding hydrogens is 163 g/mol. The average molecular weight is 178 g/mol. The maximum absolute atomic E-state index is 6.03. The minimum Gasteiger partial charge on any atom is -0.376 e. The topological polar surface area (TPSA) is 18.5 Å². The van der Waals surface area contributed by atoms with Gasteiger partial charge in [0.15, 0.2) is 0 Å². The van der Waals surface area contributed by atoms with E-state index < -0.39 is 0 Å². The van der Waals surface area contributed by atoms with Crippen molar-refractivity contribution in [2.75, 3.05) is 0 Å². The molecule has 70 valence electrons. The molecule has 3 heteroatoms. The Morgan fingerprint density at radius 1 is 1.38 bits per heavy atom. The molecule has 2 nitrogen and oxygen atoms in total. The Bertz CT molecular complexity index is 251. The third kappa shape index (κ3) is 0.711. The van der Waals surface area contributed by atoms with E-state index in [4.69, 9.17) is 17.3 Å². The van der Waals surface area contributed by atoms with Crippen molar-refractivity contribution in [3.63, 3.8) is 0 Å². The predicted molar refractivity (Wildman–Crippen MR) is 49.7 cm³/mol. The number of hydrogen-bond donors (Lipinski definition) is 0. The molecule has 2 radical (unpaired) electrons. The first-order valence-corrected chi connectivity index (χ1v) is 5.26. The van der Waals surface area contributed by atoms with Crippen LogP contribution in [0.2, 0.25) is 0 Å². The molecule has 0 N–H and O–H groups in total. The second kappa shape index (κ2) is 2.14. The molecule has 2 saturated heterocycles. The molecule has 3 rings (SSSR count). The van der Waals surface area contributed by atoms with Gasteiger partial charge in [-0.25, -0.2) is 0 Å². The normalized spacial score (nSPS) is 56.0. The van der Waals surface area contributed by atoms with Crippen LogP contribution < -0.4 is 0 Å². The van der Waals surface area contributed by atoms with E-state index in [0.29, 0.717) is 5.92 Å². The van der Waals surface area contributed by atoms with Crippen LogP contribution in [0.1, 0.15) is 33.1 Å². The Kier molecular flexibility index (Phi) is 1.37. The third-order valence-electron chi connectivity index (χ3n) is 4.26. The van der Waals surface area contributed by atoms with Crippen molar-refractivity contribution in [1.29, 1.82) is 0 Å². The van der Waals surface area contributed by atoms with Crippen molar-refractivity contribution in [2.24, 2.45) is 5.92 Å². The molecule has 1 unspecified atom stereocenters. The lowest BCUT2D eigenvalue weighted by atomic mass is 9.80. The molecule has 0 aromatic rings.